The highest BCUT2D eigenvalue weighted by atomic mass is 35.5. The van der Waals surface area contributed by atoms with Gasteiger partial charge in [-0.05, 0) is 6.92 Å². The maximum absolute atomic E-state index is 11.7. The molecule has 1 rings (SSSR count). The molecule has 8 heteroatoms. The highest BCUT2D eigenvalue weighted by molar-refractivity contribution is 6.20. The Kier molecular flexibility index (Phi) is 5.41. The highest BCUT2D eigenvalue weighted by Crippen LogP contribution is 2.18. The molecule has 0 radical (unpaired) electrons. The van der Waals surface area contributed by atoms with Crippen LogP contribution >= 0.6 is 11.6 Å². The van der Waals surface area contributed by atoms with Gasteiger partial charge in [-0.1, -0.05) is 5.10 Å². The fourth-order valence-corrected chi connectivity index (χ4v) is 0.958. The Bertz CT molecular complexity index is 309. The third-order valence-electron chi connectivity index (χ3n) is 1.55. The number of nitrogens with one attached hydrogen (secondary N) is 1. The summed E-state index contributed by atoms with van der Waals surface area (Å²) < 4.78 is 33.1. The largest absolute Gasteiger partial charge is 0.407 e. The number of alkyl halides is 3. The third kappa shape index (κ3) is 4.71. The van der Waals surface area contributed by atoms with E-state index >= 15 is 0 Å². The molecule has 1 N–H and O–H groups in total. The van der Waals surface area contributed by atoms with Gasteiger partial charge < -0.3 is 14.5 Å². The van der Waals surface area contributed by atoms with Crippen molar-refractivity contribution in [2.45, 2.75) is 18.7 Å². The van der Waals surface area contributed by atoms with Gasteiger partial charge in [-0.25, -0.2) is 8.78 Å². The predicted octanol–water partition coefficient (Wildman–Crippen LogP) is 2.06. The van der Waals surface area contributed by atoms with Crippen molar-refractivity contribution in [1.82, 2.24) is 10.2 Å². The molecule has 0 aromatic carbocycles. The van der Waals surface area contributed by atoms with Crippen molar-refractivity contribution < 1.29 is 17.9 Å². The first-order valence-electron chi connectivity index (χ1n) is 4.67. The topological polar surface area (TPSA) is 60.2 Å². The summed E-state index contributed by atoms with van der Waals surface area (Å²) in [6.07, 6.45) is -2.45. The Morgan fingerprint density at radius 3 is 2.81 bits per heavy atom. The molecule has 0 bridgehead atoms. The molecule has 1 atom stereocenters. The molecule has 0 saturated carbocycles. The molecule has 1 unspecified atom stereocenters. The van der Waals surface area contributed by atoms with Crippen LogP contribution in [0.3, 0.4) is 0 Å². The molecule has 0 saturated heterocycles. The zero-order valence-corrected chi connectivity index (χ0v) is 9.38. The van der Waals surface area contributed by atoms with E-state index < -0.39 is 13.0 Å². The number of hydrogen-bond acceptors (Lipinski definition) is 5. The molecule has 5 nitrogen and oxygen atoms in total. The molecular formula is C8H12ClF2N3O2. The highest BCUT2D eigenvalue weighted by Gasteiger charge is 2.10. The Labute approximate surface area is 96.1 Å². The van der Waals surface area contributed by atoms with Gasteiger partial charge in [0.15, 0.2) is 0 Å². The number of hydrogen-bond donors (Lipinski definition) is 1. The average molecular weight is 256 g/mol. The van der Waals surface area contributed by atoms with Gasteiger partial charge in [0.1, 0.15) is 12.0 Å². The minimum Gasteiger partial charge on any atom is -0.407 e. The van der Waals surface area contributed by atoms with Gasteiger partial charge >= 0.3 is 6.01 Å². The normalized spacial score (nSPS) is 13.1. The maximum atomic E-state index is 11.7. The minimum atomic E-state index is -2.45. The molecule has 0 amide bonds. The van der Waals surface area contributed by atoms with E-state index in [2.05, 4.69) is 20.3 Å². The standard InChI is InChI=1S/C8H12ClF2N3O2/c1-5(9)7-13-14-8(16-7)12-2-3-15-4-6(10)11/h5-6H,2-4H2,1H3,(H,12,14). The Morgan fingerprint density at radius 1 is 1.50 bits per heavy atom. The van der Waals surface area contributed by atoms with E-state index in [1.54, 1.807) is 6.92 Å². The van der Waals surface area contributed by atoms with Crippen LogP contribution in [0.15, 0.2) is 4.42 Å². The van der Waals surface area contributed by atoms with Gasteiger partial charge in [0.25, 0.3) is 6.43 Å². The van der Waals surface area contributed by atoms with Gasteiger partial charge in [0.2, 0.25) is 5.89 Å². The van der Waals surface area contributed by atoms with Gasteiger partial charge in [0.05, 0.1) is 6.61 Å². The van der Waals surface area contributed by atoms with Crippen LogP contribution in [0.4, 0.5) is 14.8 Å². The summed E-state index contributed by atoms with van der Waals surface area (Å²) in [4.78, 5) is 0. The molecule has 0 fully saturated rings. The smallest absolute Gasteiger partial charge is 0.315 e. The summed E-state index contributed by atoms with van der Waals surface area (Å²) >= 11 is 5.70. The zero-order chi connectivity index (χ0) is 12.0. The van der Waals surface area contributed by atoms with Crippen LogP contribution in [0.2, 0.25) is 0 Å². The van der Waals surface area contributed by atoms with Crippen LogP contribution in [0.1, 0.15) is 18.2 Å². The quantitative estimate of drug-likeness (QED) is 0.597. The molecule has 1 heterocycles. The van der Waals surface area contributed by atoms with Crippen molar-refractivity contribution in [3.05, 3.63) is 5.89 Å². The fraction of sp³-hybridized carbons (Fsp3) is 0.750. The van der Waals surface area contributed by atoms with Crippen molar-refractivity contribution in [3.63, 3.8) is 0 Å². The zero-order valence-electron chi connectivity index (χ0n) is 8.62. The molecule has 1 aromatic rings. The van der Waals surface area contributed by atoms with Crippen molar-refractivity contribution >= 4 is 17.6 Å². The third-order valence-corrected chi connectivity index (χ3v) is 1.73. The minimum absolute atomic E-state index is 0.137. The molecule has 1 aromatic heterocycles. The maximum Gasteiger partial charge on any atom is 0.315 e. The second-order valence-corrected chi connectivity index (χ2v) is 3.61. The van der Waals surface area contributed by atoms with Crippen LogP contribution in [-0.4, -0.2) is 36.4 Å². The van der Waals surface area contributed by atoms with E-state index in [-0.39, 0.29) is 18.0 Å². The molecule has 0 aliphatic heterocycles. The number of rotatable bonds is 7. The summed E-state index contributed by atoms with van der Waals surface area (Å²) in [6, 6.07) is 0.197. The lowest BCUT2D eigenvalue weighted by Gasteiger charge is -2.03. The van der Waals surface area contributed by atoms with E-state index in [9.17, 15) is 8.78 Å². The van der Waals surface area contributed by atoms with Crippen LogP contribution < -0.4 is 5.32 Å². The van der Waals surface area contributed by atoms with Crippen molar-refractivity contribution in [1.29, 1.82) is 0 Å². The Balaban J connectivity index is 2.17. The second kappa shape index (κ2) is 6.59. The summed E-state index contributed by atoms with van der Waals surface area (Å²) in [6.45, 7) is 1.57. The molecule has 92 valence electrons. The lowest BCUT2D eigenvalue weighted by atomic mass is 10.5. The first-order valence-corrected chi connectivity index (χ1v) is 5.10. The molecule has 0 spiro atoms. The Hall–Kier alpha value is -0.950. The van der Waals surface area contributed by atoms with Crippen LogP contribution in [0.5, 0.6) is 0 Å². The number of halogens is 3. The number of ether oxygens (including phenoxy) is 1. The number of aromatic nitrogens is 2. The summed E-state index contributed by atoms with van der Waals surface area (Å²) in [5.74, 6) is 0.303. The summed E-state index contributed by atoms with van der Waals surface area (Å²) in [7, 11) is 0. The van der Waals surface area contributed by atoms with Gasteiger partial charge in [-0.2, -0.15) is 0 Å². The van der Waals surface area contributed by atoms with Crippen molar-refractivity contribution in [3.8, 4) is 0 Å². The average Bonchev–Trinajstić information content (AvgIpc) is 2.65. The van der Waals surface area contributed by atoms with E-state index in [1.807, 2.05) is 0 Å². The van der Waals surface area contributed by atoms with E-state index in [0.29, 0.717) is 12.4 Å². The lowest BCUT2D eigenvalue weighted by Crippen LogP contribution is -2.13. The first-order chi connectivity index (χ1) is 7.59. The van der Waals surface area contributed by atoms with Crippen LogP contribution in [-0.2, 0) is 4.74 Å². The summed E-state index contributed by atoms with van der Waals surface area (Å²) in [5, 5.41) is 9.69. The lowest BCUT2D eigenvalue weighted by molar-refractivity contribution is 0.0214. The van der Waals surface area contributed by atoms with Crippen molar-refractivity contribution in [2.24, 2.45) is 0 Å². The first kappa shape index (κ1) is 13.1. The molecule has 0 aliphatic rings. The predicted molar refractivity (Wildman–Crippen MR) is 53.9 cm³/mol. The van der Waals surface area contributed by atoms with E-state index in [4.69, 9.17) is 16.0 Å². The van der Waals surface area contributed by atoms with Gasteiger partial charge in [-0.15, -0.1) is 16.7 Å². The fourth-order valence-electron chi connectivity index (χ4n) is 0.869. The second-order valence-electron chi connectivity index (χ2n) is 2.95. The number of nitrogens with zero attached hydrogens (tertiary/aromatic N) is 2. The van der Waals surface area contributed by atoms with Crippen molar-refractivity contribution in [2.75, 3.05) is 25.1 Å². The SMILES string of the molecule is CC(Cl)c1nnc(NCCOCC(F)F)o1. The van der Waals surface area contributed by atoms with Crippen LogP contribution in [0.25, 0.3) is 0 Å². The van der Waals surface area contributed by atoms with Crippen LogP contribution in [0, 0.1) is 0 Å². The van der Waals surface area contributed by atoms with E-state index in [0.717, 1.165) is 0 Å². The monoisotopic (exact) mass is 255 g/mol. The Morgan fingerprint density at radius 2 is 2.25 bits per heavy atom. The molecular weight excluding hydrogens is 244 g/mol. The number of anilines is 1. The van der Waals surface area contributed by atoms with Gasteiger partial charge in [-0.3, -0.25) is 0 Å². The molecule has 0 aliphatic carbocycles. The van der Waals surface area contributed by atoms with Gasteiger partial charge in [0, 0.05) is 6.54 Å². The molecule has 16 heavy (non-hydrogen) atoms. The summed E-state index contributed by atoms with van der Waals surface area (Å²) in [5.41, 5.74) is 0. The van der Waals surface area contributed by atoms with E-state index in [1.165, 1.54) is 0 Å².